The van der Waals surface area contributed by atoms with E-state index in [0.717, 1.165) is 25.1 Å². The van der Waals surface area contributed by atoms with Crippen molar-refractivity contribution in [2.24, 2.45) is 0 Å². The van der Waals surface area contributed by atoms with Crippen molar-refractivity contribution in [3.05, 3.63) is 64.2 Å². The molecule has 1 N–H and O–H groups in total. The molecule has 2 heteroatoms. The standard InChI is InChI=1S/C19H23NO/c1-13-5-4-6-14(2)18(13)12-19-17-8-7-16(21-3)11-15(17)9-10-20-19/h4-8,11,19-20H,9-10,12H2,1-3H3. The van der Waals surface area contributed by atoms with Gasteiger partial charge in [-0.3, -0.25) is 0 Å². The molecule has 0 spiro atoms. The van der Waals surface area contributed by atoms with Gasteiger partial charge in [-0.2, -0.15) is 0 Å². The van der Waals surface area contributed by atoms with Gasteiger partial charge in [-0.15, -0.1) is 0 Å². The molecule has 110 valence electrons. The van der Waals surface area contributed by atoms with Crippen molar-refractivity contribution in [1.82, 2.24) is 5.32 Å². The third-order valence-corrected chi connectivity index (χ3v) is 4.56. The maximum Gasteiger partial charge on any atom is 0.119 e. The second-order valence-corrected chi connectivity index (χ2v) is 5.90. The molecular formula is C19H23NO. The fourth-order valence-corrected chi connectivity index (χ4v) is 3.31. The molecule has 0 aromatic heterocycles. The van der Waals surface area contributed by atoms with Crippen LogP contribution in [0.2, 0.25) is 0 Å². The van der Waals surface area contributed by atoms with E-state index in [4.69, 9.17) is 4.74 Å². The lowest BCUT2D eigenvalue weighted by Gasteiger charge is -2.28. The summed E-state index contributed by atoms with van der Waals surface area (Å²) >= 11 is 0. The predicted octanol–water partition coefficient (Wildman–Crippen LogP) is 3.74. The third kappa shape index (κ3) is 2.81. The van der Waals surface area contributed by atoms with Gasteiger partial charge in [0.1, 0.15) is 5.75 Å². The Morgan fingerprint density at radius 2 is 1.90 bits per heavy atom. The van der Waals surface area contributed by atoms with Gasteiger partial charge in [-0.1, -0.05) is 24.3 Å². The van der Waals surface area contributed by atoms with Gasteiger partial charge in [0.2, 0.25) is 0 Å². The van der Waals surface area contributed by atoms with Crippen LogP contribution in [-0.4, -0.2) is 13.7 Å². The minimum atomic E-state index is 0.402. The SMILES string of the molecule is COc1ccc2c(c1)CCNC2Cc1c(C)cccc1C. The summed E-state index contributed by atoms with van der Waals surface area (Å²) in [7, 11) is 1.73. The van der Waals surface area contributed by atoms with Gasteiger partial charge in [0, 0.05) is 6.04 Å². The summed E-state index contributed by atoms with van der Waals surface area (Å²) in [5.41, 5.74) is 7.09. The van der Waals surface area contributed by atoms with Gasteiger partial charge in [0.15, 0.2) is 0 Å². The van der Waals surface area contributed by atoms with E-state index in [9.17, 15) is 0 Å². The van der Waals surface area contributed by atoms with Gasteiger partial charge in [0.25, 0.3) is 0 Å². The summed E-state index contributed by atoms with van der Waals surface area (Å²) in [4.78, 5) is 0. The largest absolute Gasteiger partial charge is 0.497 e. The molecule has 3 rings (SSSR count). The predicted molar refractivity (Wildman–Crippen MR) is 87.1 cm³/mol. The Labute approximate surface area is 127 Å². The van der Waals surface area contributed by atoms with Crippen LogP contribution in [-0.2, 0) is 12.8 Å². The summed E-state index contributed by atoms with van der Waals surface area (Å²) < 4.78 is 5.35. The van der Waals surface area contributed by atoms with Crippen LogP contribution in [0.1, 0.15) is 33.9 Å². The molecule has 0 saturated carbocycles. The summed E-state index contributed by atoms with van der Waals surface area (Å²) in [5, 5.41) is 3.67. The fraction of sp³-hybridized carbons (Fsp3) is 0.368. The molecular weight excluding hydrogens is 258 g/mol. The maximum atomic E-state index is 5.35. The fourth-order valence-electron chi connectivity index (χ4n) is 3.31. The van der Waals surface area contributed by atoms with Crippen molar-refractivity contribution in [2.45, 2.75) is 32.7 Å². The average Bonchev–Trinajstić information content (AvgIpc) is 2.50. The zero-order chi connectivity index (χ0) is 14.8. The number of methoxy groups -OCH3 is 1. The number of fused-ring (bicyclic) bond motifs is 1. The number of ether oxygens (including phenoxy) is 1. The number of hydrogen-bond acceptors (Lipinski definition) is 2. The lowest BCUT2D eigenvalue weighted by Crippen LogP contribution is -2.31. The molecule has 0 aliphatic carbocycles. The molecule has 1 atom stereocenters. The van der Waals surface area contributed by atoms with Crippen LogP contribution >= 0.6 is 0 Å². The minimum absolute atomic E-state index is 0.402. The van der Waals surface area contributed by atoms with Crippen molar-refractivity contribution in [1.29, 1.82) is 0 Å². The van der Waals surface area contributed by atoms with E-state index in [1.165, 1.54) is 27.8 Å². The summed E-state index contributed by atoms with van der Waals surface area (Å²) in [6, 6.07) is 13.4. The molecule has 0 fully saturated rings. The lowest BCUT2D eigenvalue weighted by molar-refractivity contribution is 0.412. The van der Waals surface area contributed by atoms with E-state index in [-0.39, 0.29) is 0 Å². The molecule has 2 aromatic rings. The molecule has 21 heavy (non-hydrogen) atoms. The highest BCUT2D eigenvalue weighted by atomic mass is 16.5. The molecule has 0 amide bonds. The maximum absolute atomic E-state index is 5.35. The number of benzene rings is 2. The zero-order valence-corrected chi connectivity index (χ0v) is 13.1. The van der Waals surface area contributed by atoms with Crippen LogP contribution in [0.15, 0.2) is 36.4 Å². The van der Waals surface area contributed by atoms with Crippen LogP contribution in [0.4, 0.5) is 0 Å². The first kappa shape index (κ1) is 14.2. The van der Waals surface area contributed by atoms with Gasteiger partial charge >= 0.3 is 0 Å². The zero-order valence-electron chi connectivity index (χ0n) is 13.1. The third-order valence-electron chi connectivity index (χ3n) is 4.56. The monoisotopic (exact) mass is 281 g/mol. The second kappa shape index (κ2) is 5.90. The molecule has 1 aliphatic heterocycles. The van der Waals surface area contributed by atoms with Crippen molar-refractivity contribution in [2.75, 3.05) is 13.7 Å². The van der Waals surface area contributed by atoms with Crippen molar-refractivity contribution in [3.63, 3.8) is 0 Å². The molecule has 1 aliphatic rings. The van der Waals surface area contributed by atoms with Crippen molar-refractivity contribution in [3.8, 4) is 5.75 Å². The molecule has 0 bridgehead atoms. The Kier molecular flexibility index (Phi) is 3.98. The Morgan fingerprint density at radius 1 is 1.14 bits per heavy atom. The van der Waals surface area contributed by atoms with Crippen molar-refractivity contribution < 1.29 is 4.74 Å². The summed E-state index contributed by atoms with van der Waals surface area (Å²) in [6.07, 6.45) is 2.13. The quantitative estimate of drug-likeness (QED) is 0.925. The van der Waals surface area contributed by atoms with E-state index in [1.54, 1.807) is 7.11 Å². The first-order valence-corrected chi connectivity index (χ1v) is 7.64. The highest BCUT2D eigenvalue weighted by Gasteiger charge is 2.21. The minimum Gasteiger partial charge on any atom is -0.497 e. The van der Waals surface area contributed by atoms with E-state index < -0.39 is 0 Å². The van der Waals surface area contributed by atoms with E-state index in [1.807, 2.05) is 0 Å². The van der Waals surface area contributed by atoms with Crippen LogP contribution in [0.5, 0.6) is 5.75 Å². The number of hydrogen-bond donors (Lipinski definition) is 1. The molecule has 0 saturated heterocycles. The van der Waals surface area contributed by atoms with Gasteiger partial charge in [-0.05, 0) is 73.2 Å². The Balaban J connectivity index is 1.92. The lowest BCUT2D eigenvalue weighted by atomic mass is 9.88. The van der Waals surface area contributed by atoms with Crippen LogP contribution < -0.4 is 10.1 Å². The molecule has 2 nitrogen and oxygen atoms in total. The Bertz CT molecular complexity index is 628. The van der Waals surface area contributed by atoms with Crippen molar-refractivity contribution >= 4 is 0 Å². The van der Waals surface area contributed by atoms with E-state index >= 15 is 0 Å². The summed E-state index contributed by atoms with van der Waals surface area (Å²) in [6.45, 7) is 5.45. The Hall–Kier alpha value is -1.80. The number of nitrogens with one attached hydrogen (secondary N) is 1. The van der Waals surface area contributed by atoms with Crippen LogP contribution in [0, 0.1) is 13.8 Å². The van der Waals surface area contributed by atoms with Gasteiger partial charge in [0.05, 0.1) is 7.11 Å². The van der Waals surface area contributed by atoms with E-state index in [0.29, 0.717) is 6.04 Å². The number of aryl methyl sites for hydroxylation is 2. The molecule has 1 unspecified atom stereocenters. The highest BCUT2D eigenvalue weighted by Crippen LogP contribution is 2.30. The molecule has 1 heterocycles. The molecule has 2 aromatic carbocycles. The second-order valence-electron chi connectivity index (χ2n) is 5.90. The van der Waals surface area contributed by atoms with Crippen LogP contribution in [0.25, 0.3) is 0 Å². The highest BCUT2D eigenvalue weighted by molar-refractivity contribution is 5.41. The smallest absolute Gasteiger partial charge is 0.119 e. The normalized spacial score (nSPS) is 17.4. The number of rotatable bonds is 3. The average molecular weight is 281 g/mol. The van der Waals surface area contributed by atoms with E-state index in [2.05, 4.69) is 55.6 Å². The topological polar surface area (TPSA) is 21.3 Å². The Morgan fingerprint density at radius 3 is 2.62 bits per heavy atom. The first-order chi connectivity index (χ1) is 10.2. The van der Waals surface area contributed by atoms with Gasteiger partial charge < -0.3 is 10.1 Å². The first-order valence-electron chi connectivity index (χ1n) is 7.64. The molecule has 0 radical (unpaired) electrons. The van der Waals surface area contributed by atoms with Gasteiger partial charge in [-0.25, -0.2) is 0 Å². The van der Waals surface area contributed by atoms with Crippen LogP contribution in [0.3, 0.4) is 0 Å². The summed E-state index contributed by atoms with van der Waals surface area (Å²) in [5.74, 6) is 0.960.